The molecule has 19 rings (SSSR count). The maximum Gasteiger partial charge on any atom is 0.252 e. The van der Waals surface area contributed by atoms with Gasteiger partial charge in [-0.25, -0.2) is 0 Å². The van der Waals surface area contributed by atoms with Crippen LogP contribution in [0.1, 0.15) is 11.1 Å². The third-order valence-corrected chi connectivity index (χ3v) is 19.5. The summed E-state index contributed by atoms with van der Waals surface area (Å²) in [6.07, 6.45) is 0. The third-order valence-electron chi connectivity index (χ3n) is 19.5. The normalized spacial score (nSPS) is 12.2. The van der Waals surface area contributed by atoms with Crippen LogP contribution in [0, 0.1) is 22.7 Å². The van der Waals surface area contributed by atoms with Crippen LogP contribution in [0.5, 0.6) is 0 Å². The van der Waals surface area contributed by atoms with Crippen LogP contribution in [0.2, 0.25) is 0 Å². The van der Waals surface area contributed by atoms with Crippen molar-refractivity contribution in [3.63, 3.8) is 0 Å². The van der Waals surface area contributed by atoms with Crippen molar-refractivity contribution in [3.8, 4) is 68.0 Å². The van der Waals surface area contributed by atoms with E-state index in [0.29, 0.717) is 16.8 Å². The summed E-state index contributed by atoms with van der Waals surface area (Å²) in [5.74, 6) is 0. The Labute approximate surface area is 518 Å². The molecule has 17 aromatic rings. The van der Waals surface area contributed by atoms with Crippen LogP contribution in [0.25, 0.3) is 143 Å². The first kappa shape index (κ1) is 50.0. The van der Waals surface area contributed by atoms with E-state index in [1.54, 1.807) is 0 Å². The molecule has 90 heavy (non-hydrogen) atoms. The second-order valence-electron chi connectivity index (χ2n) is 23.9. The molecule has 2 aromatic heterocycles. The lowest BCUT2D eigenvalue weighted by molar-refractivity contribution is 1.11. The van der Waals surface area contributed by atoms with E-state index < -0.39 is 0 Å². The second kappa shape index (κ2) is 19.1. The minimum atomic E-state index is -0.285. The van der Waals surface area contributed by atoms with Crippen molar-refractivity contribution in [3.05, 3.63) is 302 Å². The van der Waals surface area contributed by atoms with Crippen molar-refractivity contribution in [2.45, 2.75) is 0 Å². The lowest BCUT2D eigenvalue weighted by atomic mass is 9.34. The number of fused-ring (bicyclic) bond motifs is 14. The highest BCUT2D eigenvalue weighted by atomic mass is 15.2. The van der Waals surface area contributed by atoms with Gasteiger partial charge in [-0.15, -0.1) is 0 Å². The number of rotatable bonds is 7. The summed E-state index contributed by atoms with van der Waals surface area (Å²) < 4.78 is 4.70. The first-order chi connectivity index (χ1) is 44.7. The number of nitriles is 2. The zero-order valence-corrected chi connectivity index (χ0v) is 48.5. The molecule has 6 heteroatoms. The van der Waals surface area contributed by atoms with Crippen molar-refractivity contribution < 1.29 is 0 Å². The molecule has 0 aliphatic carbocycles. The topological polar surface area (TPSA) is 60.7 Å². The maximum absolute atomic E-state index is 12.5. The van der Waals surface area contributed by atoms with Gasteiger partial charge in [0.25, 0.3) is 6.71 Å². The van der Waals surface area contributed by atoms with E-state index >= 15 is 0 Å². The van der Waals surface area contributed by atoms with Gasteiger partial charge >= 0.3 is 0 Å². The van der Waals surface area contributed by atoms with E-state index in [9.17, 15) is 10.5 Å². The van der Waals surface area contributed by atoms with Crippen LogP contribution in [-0.4, -0.2) is 15.8 Å². The predicted octanol–water partition coefficient (Wildman–Crippen LogP) is 19.5. The number of hydrogen-bond acceptors (Lipinski definition) is 3. The van der Waals surface area contributed by atoms with Crippen molar-refractivity contribution in [1.82, 2.24) is 9.13 Å². The molecule has 4 heterocycles. The van der Waals surface area contributed by atoms with Crippen LogP contribution in [0.4, 0.5) is 17.1 Å². The quantitative estimate of drug-likeness (QED) is 0.118. The van der Waals surface area contributed by atoms with Crippen LogP contribution >= 0.6 is 0 Å². The SMILES string of the molecule is N#Cc1c(N(c2ccc(-c3c4ccccc4c(-c4ccccc4)c4ccccc34)cc2)c2ccc(-c3c4ccccc4c(-c4ccccc4)c4ccccc34)cc2)c(C#N)c2c3c1-n1c4ccccc4c4cccc(c41)B3c1cccc3c4ccccc4n-2c13. The summed E-state index contributed by atoms with van der Waals surface area (Å²) in [6.45, 7) is -0.285. The fourth-order valence-corrected chi connectivity index (χ4v) is 16.1. The average Bonchev–Trinajstić information content (AvgIpc) is 1.46. The van der Waals surface area contributed by atoms with E-state index in [1.165, 1.54) is 43.8 Å². The summed E-state index contributed by atoms with van der Waals surface area (Å²) in [5, 5.41) is 38.8. The molecule has 0 saturated heterocycles. The predicted molar refractivity (Wildman–Crippen MR) is 376 cm³/mol. The van der Waals surface area contributed by atoms with Gasteiger partial charge < -0.3 is 14.0 Å². The Bertz CT molecular complexity index is 5560. The van der Waals surface area contributed by atoms with E-state index in [0.717, 1.165) is 127 Å². The molecule has 0 amide bonds. The number of hydrogen-bond donors (Lipinski definition) is 0. The molecule has 0 unspecified atom stereocenters. The first-order valence-corrected chi connectivity index (χ1v) is 30.7. The maximum atomic E-state index is 12.5. The van der Waals surface area contributed by atoms with E-state index in [1.807, 2.05) is 0 Å². The zero-order chi connectivity index (χ0) is 59.3. The zero-order valence-electron chi connectivity index (χ0n) is 48.5. The van der Waals surface area contributed by atoms with Gasteiger partial charge in [-0.2, -0.15) is 10.5 Å². The largest absolute Gasteiger partial charge is 0.309 e. The van der Waals surface area contributed by atoms with Crippen LogP contribution < -0.4 is 21.3 Å². The molecule has 0 radical (unpaired) electrons. The molecular formula is C84H48BN5. The van der Waals surface area contributed by atoms with Gasteiger partial charge in [0, 0.05) is 44.0 Å². The molecule has 2 aliphatic heterocycles. The Balaban J connectivity index is 0.912. The highest BCUT2D eigenvalue weighted by Gasteiger charge is 2.45. The molecule has 15 aromatic carbocycles. The lowest BCUT2D eigenvalue weighted by Gasteiger charge is -2.37. The standard InChI is InChI=1S/C84H48BN5/c86-49-69-80(70(50-87)84-79-83(69)89-73-39-17-15-25-57(73)67-35-19-37-71(81(67)89)85(79)72-38-20-36-68-58-26-16-18-40-74(58)90(84)82(68)72)88(55-45-41-53(42-46-55)77-63-31-11-7-27-59(63)75(51-21-3-1-4-22-51)60-28-8-12-32-64(60)77)56-47-43-54(44-48-56)78-65-33-13-9-29-61(65)76(52-23-5-2-6-24-52)62-30-10-14-34-66(62)78/h1-48H. The minimum absolute atomic E-state index is 0.285. The van der Waals surface area contributed by atoms with Gasteiger partial charge in [-0.3, -0.25) is 0 Å². The molecule has 0 N–H and O–H groups in total. The Hall–Kier alpha value is -12.2. The first-order valence-electron chi connectivity index (χ1n) is 30.7. The number of para-hydroxylation sites is 4. The third kappa shape index (κ3) is 6.79. The monoisotopic (exact) mass is 1140 g/mol. The summed E-state index contributed by atoms with van der Waals surface area (Å²) in [7, 11) is 0. The Morgan fingerprint density at radius 1 is 0.278 bits per heavy atom. The molecule has 5 nitrogen and oxygen atoms in total. The van der Waals surface area contributed by atoms with Gasteiger partial charge in [0.15, 0.2) is 0 Å². The van der Waals surface area contributed by atoms with Crippen molar-refractivity contribution >= 4 is 127 Å². The summed E-state index contributed by atoms with van der Waals surface area (Å²) in [6, 6.07) is 110. The van der Waals surface area contributed by atoms with Gasteiger partial charge in [0.2, 0.25) is 0 Å². The van der Waals surface area contributed by atoms with Gasteiger partial charge in [0.05, 0.1) is 28.1 Å². The second-order valence-corrected chi connectivity index (χ2v) is 23.9. The average molecular weight is 1140 g/mol. The summed E-state index contributed by atoms with van der Waals surface area (Å²) in [5.41, 5.74) is 21.1. The molecule has 0 atom stereocenters. The fraction of sp³-hybridized carbons (Fsp3) is 0. The molecule has 0 spiro atoms. The van der Waals surface area contributed by atoms with Crippen LogP contribution in [0.3, 0.4) is 0 Å². The van der Waals surface area contributed by atoms with E-state index in [-0.39, 0.29) is 6.71 Å². The van der Waals surface area contributed by atoms with Gasteiger partial charge in [0.1, 0.15) is 23.3 Å². The summed E-state index contributed by atoms with van der Waals surface area (Å²) in [4.78, 5) is 2.20. The highest BCUT2D eigenvalue weighted by molar-refractivity contribution is 7.00. The fourth-order valence-electron chi connectivity index (χ4n) is 16.1. The minimum Gasteiger partial charge on any atom is -0.309 e. The molecule has 0 fully saturated rings. The van der Waals surface area contributed by atoms with Gasteiger partial charge in [-0.05, 0) is 140 Å². The van der Waals surface area contributed by atoms with E-state index in [2.05, 4.69) is 317 Å². The van der Waals surface area contributed by atoms with Crippen molar-refractivity contribution in [2.75, 3.05) is 4.90 Å². The molecule has 412 valence electrons. The Kier molecular flexibility index (Phi) is 10.6. The smallest absolute Gasteiger partial charge is 0.252 e. The highest BCUT2D eigenvalue weighted by Crippen LogP contribution is 2.51. The van der Waals surface area contributed by atoms with E-state index in [4.69, 9.17) is 0 Å². The van der Waals surface area contributed by atoms with Crippen LogP contribution in [0.15, 0.2) is 291 Å². The number of aromatic nitrogens is 2. The number of nitrogens with zero attached hydrogens (tertiary/aromatic N) is 5. The van der Waals surface area contributed by atoms with Crippen molar-refractivity contribution in [2.24, 2.45) is 0 Å². The molecule has 0 saturated carbocycles. The molecule has 0 bridgehead atoms. The Morgan fingerprint density at radius 3 is 0.900 bits per heavy atom. The number of anilines is 3. The Morgan fingerprint density at radius 2 is 0.567 bits per heavy atom. The van der Waals surface area contributed by atoms with Crippen LogP contribution in [-0.2, 0) is 0 Å². The molecule has 2 aliphatic rings. The van der Waals surface area contributed by atoms with Crippen molar-refractivity contribution in [1.29, 1.82) is 10.5 Å². The molecular weight excluding hydrogens is 1090 g/mol. The van der Waals surface area contributed by atoms with Gasteiger partial charge in [-0.1, -0.05) is 255 Å². The lowest BCUT2D eigenvalue weighted by Crippen LogP contribution is -2.60. The summed E-state index contributed by atoms with van der Waals surface area (Å²) >= 11 is 0. The number of benzene rings is 15.